The Kier molecular flexibility index (Phi) is 5.34. The van der Waals surface area contributed by atoms with Crippen LogP contribution in [0.1, 0.15) is 44.7 Å². The number of hydrogen-bond donors (Lipinski definition) is 1. The van der Waals surface area contributed by atoms with Gasteiger partial charge in [0, 0.05) is 19.2 Å². The van der Waals surface area contributed by atoms with Gasteiger partial charge in [-0.3, -0.25) is 28.8 Å². The fraction of sp³-hybridized carbons (Fsp3) is 0.240. The third-order valence-electron chi connectivity index (χ3n) is 6.39. The molecule has 9 heteroatoms. The SMILES string of the molecule is N#Cc1ccccc1Cn1c(N2CCC[C@@H](N3C(=O)c4ccccc4C3=O)C2)cc(=O)[nH]c1=O. The van der Waals surface area contributed by atoms with E-state index in [1.54, 1.807) is 48.5 Å². The third kappa shape index (κ3) is 3.59. The van der Waals surface area contributed by atoms with Gasteiger partial charge in [-0.15, -0.1) is 0 Å². The number of carbonyl (C=O) groups excluding carboxylic acids is 2. The molecule has 1 fully saturated rings. The van der Waals surface area contributed by atoms with Gasteiger partial charge in [-0.25, -0.2) is 4.79 Å². The summed E-state index contributed by atoms with van der Waals surface area (Å²) in [5, 5.41) is 9.43. The van der Waals surface area contributed by atoms with Crippen molar-refractivity contribution in [1.82, 2.24) is 14.5 Å². The Hall–Kier alpha value is -4.45. The van der Waals surface area contributed by atoms with Crippen molar-refractivity contribution in [3.05, 3.63) is 97.7 Å². The summed E-state index contributed by atoms with van der Waals surface area (Å²) in [7, 11) is 0. The minimum absolute atomic E-state index is 0.100. The van der Waals surface area contributed by atoms with Crippen molar-refractivity contribution < 1.29 is 9.59 Å². The van der Waals surface area contributed by atoms with Crippen LogP contribution in [0.15, 0.2) is 64.2 Å². The number of hydrogen-bond acceptors (Lipinski definition) is 6. The van der Waals surface area contributed by atoms with Crippen LogP contribution in [0, 0.1) is 11.3 Å². The molecule has 0 spiro atoms. The summed E-state index contributed by atoms with van der Waals surface area (Å²) in [6.07, 6.45) is 1.31. The Morgan fingerprint density at radius 1 is 0.971 bits per heavy atom. The number of piperidine rings is 1. The molecular formula is C25H21N5O4. The number of amides is 2. The van der Waals surface area contributed by atoms with Crippen molar-refractivity contribution in [3.63, 3.8) is 0 Å². The second kappa shape index (κ2) is 8.48. The van der Waals surface area contributed by atoms with Gasteiger partial charge >= 0.3 is 5.69 Å². The van der Waals surface area contributed by atoms with Crippen LogP contribution >= 0.6 is 0 Å². The molecule has 1 N–H and O–H groups in total. The summed E-state index contributed by atoms with van der Waals surface area (Å²) in [4.78, 5) is 56.4. The molecule has 2 amide bonds. The molecule has 0 aliphatic carbocycles. The monoisotopic (exact) mass is 455 g/mol. The Morgan fingerprint density at radius 3 is 2.35 bits per heavy atom. The first-order chi connectivity index (χ1) is 16.5. The smallest absolute Gasteiger partial charge is 0.330 e. The van der Waals surface area contributed by atoms with Gasteiger partial charge in [0.1, 0.15) is 5.82 Å². The molecule has 1 atom stereocenters. The average molecular weight is 455 g/mol. The highest BCUT2D eigenvalue weighted by molar-refractivity contribution is 6.21. The van der Waals surface area contributed by atoms with Gasteiger partial charge in [-0.05, 0) is 36.6 Å². The molecule has 1 saturated heterocycles. The summed E-state index contributed by atoms with van der Waals surface area (Å²) in [6, 6.07) is 16.8. The van der Waals surface area contributed by atoms with E-state index in [1.807, 2.05) is 4.90 Å². The number of benzene rings is 2. The normalized spacial score (nSPS) is 17.6. The number of nitrogens with zero attached hydrogens (tertiary/aromatic N) is 4. The molecule has 3 heterocycles. The molecule has 34 heavy (non-hydrogen) atoms. The lowest BCUT2D eigenvalue weighted by molar-refractivity contribution is 0.0569. The van der Waals surface area contributed by atoms with E-state index in [1.165, 1.54) is 15.5 Å². The predicted octanol–water partition coefficient (Wildman–Crippen LogP) is 1.72. The molecule has 2 aliphatic heterocycles. The van der Waals surface area contributed by atoms with Gasteiger partial charge in [-0.2, -0.15) is 5.26 Å². The lowest BCUT2D eigenvalue weighted by atomic mass is 10.0. The molecule has 0 saturated carbocycles. The van der Waals surface area contributed by atoms with E-state index >= 15 is 0 Å². The van der Waals surface area contributed by atoms with Crippen molar-refractivity contribution in [2.75, 3.05) is 18.0 Å². The van der Waals surface area contributed by atoms with Crippen LogP contribution < -0.4 is 16.1 Å². The van der Waals surface area contributed by atoms with Gasteiger partial charge in [0.2, 0.25) is 0 Å². The van der Waals surface area contributed by atoms with Crippen molar-refractivity contribution in [2.45, 2.75) is 25.4 Å². The van der Waals surface area contributed by atoms with E-state index in [4.69, 9.17) is 0 Å². The van der Waals surface area contributed by atoms with Crippen LogP contribution in [0.25, 0.3) is 0 Å². The van der Waals surface area contributed by atoms with Crippen molar-refractivity contribution in [1.29, 1.82) is 5.26 Å². The largest absolute Gasteiger partial charge is 0.356 e. The topological polar surface area (TPSA) is 119 Å². The van der Waals surface area contributed by atoms with E-state index in [-0.39, 0.29) is 18.4 Å². The summed E-state index contributed by atoms with van der Waals surface area (Å²) in [6.45, 7) is 0.958. The quantitative estimate of drug-likeness (QED) is 0.599. The number of carbonyl (C=O) groups is 2. The summed E-state index contributed by atoms with van der Waals surface area (Å²) in [5.74, 6) is -0.250. The number of aromatic amines is 1. The highest BCUT2D eigenvalue weighted by atomic mass is 16.2. The van der Waals surface area contributed by atoms with E-state index in [0.717, 1.165) is 0 Å². The van der Waals surface area contributed by atoms with Crippen molar-refractivity contribution in [2.24, 2.45) is 0 Å². The molecular weight excluding hydrogens is 434 g/mol. The standard InChI is InChI=1S/C25H21N5O4/c26-13-16-6-1-2-7-17(16)14-29-22(12-21(31)27-25(29)34)28-11-5-8-18(15-28)30-23(32)19-9-3-4-10-20(19)24(30)33/h1-4,6-7,9-10,12,18H,5,8,11,14-15H2,(H,27,31,34)/t18-/m1/s1. The van der Waals surface area contributed by atoms with Crippen LogP contribution in [0.5, 0.6) is 0 Å². The number of nitriles is 1. The zero-order valence-electron chi connectivity index (χ0n) is 18.2. The van der Waals surface area contributed by atoms with Gasteiger partial charge in [-0.1, -0.05) is 30.3 Å². The minimum Gasteiger partial charge on any atom is -0.356 e. The van der Waals surface area contributed by atoms with E-state index in [2.05, 4.69) is 11.1 Å². The molecule has 3 aromatic rings. The maximum Gasteiger partial charge on any atom is 0.330 e. The first-order valence-corrected chi connectivity index (χ1v) is 11.0. The number of nitrogens with one attached hydrogen (secondary N) is 1. The first-order valence-electron chi connectivity index (χ1n) is 11.0. The zero-order valence-corrected chi connectivity index (χ0v) is 18.2. The highest BCUT2D eigenvalue weighted by Gasteiger charge is 2.41. The second-order valence-corrected chi connectivity index (χ2v) is 8.42. The van der Waals surface area contributed by atoms with Gasteiger partial charge < -0.3 is 4.90 Å². The van der Waals surface area contributed by atoms with Crippen LogP contribution in [-0.2, 0) is 6.54 Å². The molecule has 170 valence electrons. The molecule has 0 radical (unpaired) electrons. The second-order valence-electron chi connectivity index (χ2n) is 8.42. The minimum atomic E-state index is -0.585. The molecule has 9 nitrogen and oxygen atoms in total. The van der Waals surface area contributed by atoms with Crippen LogP contribution in [0.3, 0.4) is 0 Å². The summed E-state index contributed by atoms with van der Waals surface area (Å²) in [5.41, 5.74) is 0.755. The first kappa shape index (κ1) is 21.4. The van der Waals surface area contributed by atoms with Crippen LogP contribution in [0.2, 0.25) is 0 Å². The van der Waals surface area contributed by atoms with Gasteiger partial charge in [0.15, 0.2) is 0 Å². The lowest BCUT2D eigenvalue weighted by Gasteiger charge is -2.38. The predicted molar refractivity (Wildman–Crippen MR) is 124 cm³/mol. The molecule has 1 aromatic heterocycles. The average Bonchev–Trinajstić information content (AvgIpc) is 3.11. The lowest BCUT2D eigenvalue weighted by Crippen LogP contribution is -2.51. The molecule has 2 aromatic carbocycles. The third-order valence-corrected chi connectivity index (χ3v) is 6.39. The van der Waals surface area contributed by atoms with Crippen molar-refractivity contribution >= 4 is 17.6 Å². The van der Waals surface area contributed by atoms with E-state index < -0.39 is 17.3 Å². The fourth-order valence-electron chi connectivity index (χ4n) is 4.77. The summed E-state index contributed by atoms with van der Waals surface area (Å²) >= 11 is 0. The van der Waals surface area contributed by atoms with E-state index in [9.17, 15) is 24.4 Å². The molecule has 5 rings (SSSR count). The highest BCUT2D eigenvalue weighted by Crippen LogP contribution is 2.29. The maximum atomic E-state index is 13.0. The van der Waals surface area contributed by atoms with Crippen LogP contribution in [0.4, 0.5) is 5.82 Å². The number of imide groups is 1. The summed E-state index contributed by atoms with van der Waals surface area (Å²) < 4.78 is 1.42. The fourth-order valence-corrected chi connectivity index (χ4v) is 4.77. The zero-order chi connectivity index (χ0) is 23.8. The van der Waals surface area contributed by atoms with Crippen molar-refractivity contribution in [3.8, 4) is 6.07 Å². The molecule has 0 bridgehead atoms. The molecule has 2 aliphatic rings. The Balaban J connectivity index is 1.48. The maximum absolute atomic E-state index is 13.0. The number of fused-ring (bicyclic) bond motifs is 1. The number of anilines is 1. The van der Waals surface area contributed by atoms with Crippen LogP contribution in [-0.4, -0.2) is 45.4 Å². The van der Waals surface area contributed by atoms with E-state index in [0.29, 0.717) is 54.0 Å². The molecule has 0 unspecified atom stereocenters. The number of rotatable bonds is 4. The Bertz CT molecular complexity index is 1430. The number of aromatic nitrogens is 2. The van der Waals surface area contributed by atoms with Gasteiger partial charge in [0.05, 0.1) is 35.3 Å². The Labute approximate surface area is 194 Å². The Morgan fingerprint density at radius 2 is 1.65 bits per heavy atom. The number of H-pyrrole nitrogens is 1. The van der Waals surface area contributed by atoms with Gasteiger partial charge in [0.25, 0.3) is 17.4 Å².